The molecule has 1 aromatic heterocycles. The third-order valence-electron chi connectivity index (χ3n) is 4.77. The molecule has 0 bridgehead atoms. The smallest absolute Gasteiger partial charge is 0.234 e. The molecule has 1 atom stereocenters. The number of benzene rings is 1. The van der Waals surface area contributed by atoms with Gasteiger partial charge in [-0.1, -0.05) is 22.9 Å². The number of aryl methyl sites for hydroxylation is 1. The highest BCUT2D eigenvalue weighted by Crippen LogP contribution is 2.34. The molecule has 4 rings (SSSR count). The molecule has 2 heterocycles. The van der Waals surface area contributed by atoms with Gasteiger partial charge in [0.1, 0.15) is 0 Å². The zero-order valence-electron chi connectivity index (χ0n) is 13.4. The van der Waals surface area contributed by atoms with E-state index in [4.69, 9.17) is 11.6 Å². The minimum Gasteiger partial charge on any atom is -0.354 e. The minimum absolute atomic E-state index is 0.0736. The third kappa shape index (κ3) is 3.16. The summed E-state index contributed by atoms with van der Waals surface area (Å²) in [6.07, 6.45) is 5.28. The zero-order chi connectivity index (χ0) is 16.5. The van der Waals surface area contributed by atoms with Crippen LogP contribution in [0.4, 0.5) is 0 Å². The quantitative estimate of drug-likeness (QED) is 0.921. The summed E-state index contributed by atoms with van der Waals surface area (Å²) in [6.45, 7) is 2.62. The first-order chi connectivity index (χ1) is 11.7. The molecule has 1 N–H and O–H groups in total. The summed E-state index contributed by atoms with van der Waals surface area (Å²) >= 11 is 6.19. The van der Waals surface area contributed by atoms with Crippen LogP contribution in [0.1, 0.15) is 35.7 Å². The summed E-state index contributed by atoms with van der Waals surface area (Å²) in [5.41, 5.74) is 3.50. The molecule has 1 saturated heterocycles. The summed E-state index contributed by atoms with van der Waals surface area (Å²) in [4.78, 5) is 13.6. The topological polar surface area (TPSA) is 63.1 Å². The Labute approximate surface area is 145 Å². The fourth-order valence-electron chi connectivity index (χ4n) is 3.61. The maximum absolute atomic E-state index is 11.5. The first-order valence-corrected chi connectivity index (χ1v) is 8.75. The lowest BCUT2D eigenvalue weighted by atomic mass is 9.88. The highest BCUT2D eigenvalue weighted by Gasteiger charge is 2.24. The molecule has 126 valence electrons. The van der Waals surface area contributed by atoms with Crippen LogP contribution in [-0.2, 0) is 17.8 Å². The average molecular weight is 346 g/mol. The summed E-state index contributed by atoms with van der Waals surface area (Å²) in [6, 6.07) is 6.32. The first kappa shape index (κ1) is 15.6. The summed E-state index contributed by atoms with van der Waals surface area (Å²) in [7, 11) is 0. The van der Waals surface area contributed by atoms with Gasteiger partial charge in [0.05, 0.1) is 24.5 Å². The number of fused-ring (bicyclic) bond motifs is 1. The number of halogens is 1. The van der Waals surface area contributed by atoms with Crippen LogP contribution in [0.25, 0.3) is 0 Å². The first-order valence-electron chi connectivity index (χ1n) is 8.37. The highest BCUT2D eigenvalue weighted by molar-refractivity contribution is 6.30. The van der Waals surface area contributed by atoms with Crippen LogP contribution in [0.2, 0.25) is 5.02 Å². The van der Waals surface area contributed by atoms with Crippen LogP contribution < -0.4 is 5.32 Å². The molecule has 1 aliphatic carbocycles. The fraction of sp³-hybridized carbons (Fsp3) is 0.471. The predicted octanol–water partition coefficient (Wildman–Crippen LogP) is 1.79. The van der Waals surface area contributed by atoms with E-state index >= 15 is 0 Å². The number of hydrogen-bond acceptors (Lipinski definition) is 4. The van der Waals surface area contributed by atoms with Gasteiger partial charge in [-0.3, -0.25) is 9.69 Å². The highest BCUT2D eigenvalue weighted by atomic mass is 35.5. The molecular formula is C17H20ClN5O. The Balaban J connectivity index is 1.53. The maximum Gasteiger partial charge on any atom is 0.234 e. The molecule has 2 aromatic rings. The van der Waals surface area contributed by atoms with Gasteiger partial charge in [-0.15, -0.1) is 5.10 Å². The van der Waals surface area contributed by atoms with E-state index in [0.717, 1.165) is 36.5 Å². The minimum atomic E-state index is 0.0736. The molecule has 0 spiro atoms. The van der Waals surface area contributed by atoms with Gasteiger partial charge >= 0.3 is 0 Å². The number of carbonyl (C=O) groups excluding carboxylic acids is 1. The Morgan fingerprint density at radius 3 is 3.17 bits per heavy atom. The fourth-order valence-corrected chi connectivity index (χ4v) is 3.79. The molecule has 2 aliphatic rings. The number of aromatic nitrogens is 3. The van der Waals surface area contributed by atoms with Gasteiger partial charge < -0.3 is 5.32 Å². The molecule has 1 fully saturated rings. The van der Waals surface area contributed by atoms with E-state index in [2.05, 4.69) is 32.7 Å². The summed E-state index contributed by atoms with van der Waals surface area (Å²) < 4.78 is 1.95. The third-order valence-corrected chi connectivity index (χ3v) is 5.01. The SMILES string of the molecule is O=C1CN(Cc2cn([C@H]3CCCc4ccc(Cl)cc43)nn2)CCN1. The van der Waals surface area contributed by atoms with E-state index in [9.17, 15) is 4.79 Å². The van der Waals surface area contributed by atoms with Gasteiger partial charge in [-0.25, -0.2) is 4.68 Å². The van der Waals surface area contributed by atoms with Gasteiger partial charge in [-0.05, 0) is 42.5 Å². The molecule has 0 unspecified atom stereocenters. The number of carbonyl (C=O) groups is 1. The Hall–Kier alpha value is -1.92. The van der Waals surface area contributed by atoms with Crippen molar-refractivity contribution in [2.24, 2.45) is 0 Å². The van der Waals surface area contributed by atoms with E-state index in [1.807, 2.05) is 16.9 Å². The Kier molecular flexibility index (Phi) is 4.24. The van der Waals surface area contributed by atoms with Gasteiger partial charge in [0.2, 0.25) is 5.91 Å². The summed E-state index contributed by atoms with van der Waals surface area (Å²) in [5, 5.41) is 12.3. The van der Waals surface area contributed by atoms with Crippen molar-refractivity contribution in [1.29, 1.82) is 0 Å². The lowest BCUT2D eigenvalue weighted by Gasteiger charge is -2.26. The van der Waals surface area contributed by atoms with Crippen LogP contribution in [0, 0.1) is 0 Å². The number of hydrogen-bond donors (Lipinski definition) is 1. The van der Waals surface area contributed by atoms with E-state index < -0.39 is 0 Å². The van der Waals surface area contributed by atoms with Crippen LogP contribution in [-0.4, -0.2) is 45.4 Å². The second-order valence-corrected chi connectivity index (χ2v) is 6.94. The molecule has 0 saturated carbocycles. The van der Waals surface area contributed by atoms with Crippen molar-refractivity contribution in [3.8, 4) is 0 Å². The van der Waals surface area contributed by atoms with Crippen molar-refractivity contribution in [2.75, 3.05) is 19.6 Å². The molecule has 24 heavy (non-hydrogen) atoms. The molecule has 0 radical (unpaired) electrons. The Morgan fingerprint density at radius 1 is 1.38 bits per heavy atom. The van der Waals surface area contributed by atoms with Crippen molar-refractivity contribution >= 4 is 17.5 Å². The van der Waals surface area contributed by atoms with Crippen molar-refractivity contribution in [3.63, 3.8) is 0 Å². The van der Waals surface area contributed by atoms with Crippen molar-refractivity contribution in [3.05, 3.63) is 46.2 Å². The standard InChI is InChI=1S/C17H20ClN5O/c18-13-5-4-12-2-1-3-16(15(12)8-13)23-10-14(20-21-23)9-22-7-6-19-17(24)11-22/h4-5,8,10,16H,1-3,6-7,9,11H2,(H,19,24)/t16-/m0/s1. The second kappa shape index (κ2) is 6.53. The molecule has 1 aliphatic heterocycles. The van der Waals surface area contributed by atoms with E-state index in [1.165, 1.54) is 11.1 Å². The number of amides is 1. The van der Waals surface area contributed by atoms with Crippen LogP contribution >= 0.6 is 11.6 Å². The van der Waals surface area contributed by atoms with Crippen LogP contribution in [0.5, 0.6) is 0 Å². The van der Waals surface area contributed by atoms with Crippen molar-refractivity contribution in [1.82, 2.24) is 25.2 Å². The van der Waals surface area contributed by atoms with Crippen LogP contribution in [0.15, 0.2) is 24.4 Å². The molecule has 7 heteroatoms. The average Bonchev–Trinajstić information content (AvgIpc) is 3.02. The Bertz CT molecular complexity index is 759. The second-order valence-electron chi connectivity index (χ2n) is 6.50. The lowest BCUT2D eigenvalue weighted by Crippen LogP contribution is -2.47. The number of nitrogens with one attached hydrogen (secondary N) is 1. The van der Waals surface area contributed by atoms with Crippen molar-refractivity contribution in [2.45, 2.75) is 31.8 Å². The summed E-state index contributed by atoms with van der Waals surface area (Å²) in [5.74, 6) is 0.0736. The molecule has 6 nitrogen and oxygen atoms in total. The van der Waals surface area contributed by atoms with Crippen molar-refractivity contribution < 1.29 is 4.79 Å². The van der Waals surface area contributed by atoms with Gasteiger partial charge in [-0.2, -0.15) is 0 Å². The number of nitrogens with zero attached hydrogens (tertiary/aromatic N) is 4. The lowest BCUT2D eigenvalue weighted by molar-refractivity contribution is -0.124. The van der Waals surface area contributed by atoms with Gasteiger partial charge in [0.15, 0.2) is 0 Å². The monoisotopic (exact) mass is 345 g/mol. The van der Waals surface area contributed by atoms with E-state index in [-0.39, 0.29) is 11.9 Å². The van der Waals surface area contributed by atoms with Gasteiger partial charge in [0.25, 0.3) is 0 Å². The van der Waals surface area contributed by atoms with Crippen LogP contribution in [0.3, 0.4) is 0 Å². The van der Waals surface area contributed by atoms with Gasteiger partial charge in [0, 0.05) is 24.7 Å². The Morgan fingerprint density at radius 2 is 2.29 bits per heavy atom. The zero-order valence-corrected chi connectivity index (χ0v) is 14.2. The molecule has 1 amide bonds. The number of rotatable bonds is 3. The number of piperazine rings is 1. The predicted molar refractivity (Wildman–Crippen MR) is 90.8 cm³/mol. The normalized spacial score (nSPS) is 21.4. The molecular weight excluding hydrogens is 326 g/mol. The van der Waals surface area contributed by atoms with E-state index in [0.29, 0.717) is 19.6 Å². The maximum atomic E-state index is 11.5. The molecule has 1 aromatic carbocycles. The largest absolute Gasteiger partial charge is 0.354 e. The van der Waals surface area contributed by atoms with E-state index in [1.54, 1.807) is 0 Å².